The van der Waals surface area contributed by atoms with Gasteiger partial charge in [-0.05, 0) is 82.9 Å². The molecule has 0 aromatic heterocycles. The minimum Gasteiger partial charge on any atom is -0.429 e. The summed E-state index contributed by atoms with van der Waals surface area (Å²) in [7, 11) is 0. The van der Waals surface area contributed by atoms with Crippen LogP contribution in [-0.2, 0) is 12.5 Å². The minimum absolute atomic E-state index is 0.162. The zero-order valence-corrected chi connectivity index (χ0v) is 23.5. The summed E-state index contributed by atoms with van der Waals surface area (Å²) in [5.74, 6) is -5.05. The van der Waals surface area contributed by atoms with Crippen molar-refractivity contribution >= 4 is 10.8 Å². The molecule has 0 aliphatic carbocycles. The van der Waals surface area contributed by atoms with Crippen molar-refractivity contribution in [3.8, 4) is 40.3 Å². The van der Waals surface area contributed by atoms with E-state index >= 15 is 22.0 Å². The fraction of sp³-hybridized carbons (Fsp3) is 0.167. The quantitative estimate of drug-likeness (QED) is 0.0922. The maximum atomic E-state index is 15.1. The molecule has 5 rings (SSSR count). The van der Waals surface area contributed by atoms with E-state index in [0.717, 1.165) is 61.1 Å². The van der Waals surface area contributed by atoms with Gasteiger partial charge in [0.15, 0.2) is 0 Å². The van der Waals surface area contributed by atoms with Crippen LogP contribution in [0.4, 0.5) is 30.7 Å². The number of aryl methyl sites for hydroxylation is 1. The van der Waals surface area contributed by atoms with Crippen LogP contribution in [0.3, 0.4) is 0 Å². The number of unbranched alkanes of at least 4 members (excludes halogenated alkanes) is 2. The maximum Gasteiger partial charge on any atom is 0.432 e. The van der Waals surface area contributed by atoms with Gasteiger partial charge in [0.2, 0.25) is 0 Å². The number of fused-ring (bicyclic) bond motifs is 1. The third-order valence-corrected chi connectivity index (χ3v) is 7.36. The Morgan fingerprint density at radius 1 is 0.705 bits per heavy atom. The van der Waals surface area contributed by atoms with Crippen LogP contribution < -0.4 is 4.74 Å². The van der Waals surface area contributed by atoms with Gasteiger partial charge in [-0.1, -0.05) is 62.1 Å². The summed E-state index contributed by atoms with van der Waals surface area (Å²) >= 11 is 0. The standard InChI is InChI=1S/C36H25F7O/c1-3-5-6-7-21-8-10-22(11-9-21)23-12-14-28(31(38)17-23)25-19-32(39)34(33(40)20-25)36(42,43)44-26-13-15-29-24(16-26)18-30(37)27(4-2)35(29)41/h2,8-20H,3,5-7H2,1H3. The summed E-state index contributed by atoms with van der Waals surface area (Å²) in [5.41, 5.74) is -0.382. The Morgan fingerprint density at radius 3 is 2.00 bits per heavy atom. The van der Waals surface area contributed by atoms with Crippen molar-refractivity contribution in [3.63, 3.8) is 0 Å². The topological polar surface area (TPSA) is 9.23 Å². The molecular weight excluding hydrogens is 581 g/mol. The third-order valence-electron chi connectivity index (χ3n) is 7.36. The molecule has 8 heteroatoms. The predicted octanol–water partition coefficient (Wildman–Crippen LogP) is 10.7. The lowest BCUT2D eigenvalue weighted by Crippen LogP contribution is -2.25. The predicted molar refractivity (Wildman–Crippen MR) is 157 cm³/mol. The van der Waals surface area contributed by atoms with E-state index in [1.807, 2.05) is 30.2 Å². The van der Waals surface area contributed by atoms with Gasteiger partial charge < -0.3 is 4.74 Å². The van der Waals surface area contributed by atoms with Crippen LogP contribution in [-0.4, -0.2) is 0 Å². The third kappa shape index (κ3) is 6.14. The summed E-state index contributed by atoms with van der Waals surface area (Å²) in [6.07, 6.45) is 4.83. The number of ether oxygens (including phenoxy) is 1. The first-order valence-electron chi connectivity index (χ1n) is 13.9. The van der Waals surface area contributed by atoms with E-state index in [2.05, 4.69) is 11.7 Å². The average molecular weight is 607 g/mol. The second-order valence-corrected chi connectivity index (χ2v) is 10.4. The molecular formula is C36H25F7O. The molecule has 0 saturated heterocycles. The zero-order chi connectivity index (χ0) is 31.6. The van der Waals surface area contributed by atoms with Crippen LogP contribution in [0.15, 0.2) is 78.9 Å². The fourth-order valence-corrected chi connectivity index (χ4v) is 5.08. The lowest BCUT2D eigenvalue weighted by atomic mass is 9.97. The molecule has 0 aliphatic heterocycles. The Hall–Kier alpha value is -4.77. The van der Waals surface area contributed by atoms with Crippen molar-refractivity contribution in [3.05, 3.63) is 125 Å². The molecule has 0 fully saturated rings. The van der Waals surface area contributed by atoms with Crippen molar-refractivity contribution < 1.29 is 35.5 Å². The van der Waals surface area contributed by atoms with E-state index in [0.29, 0.717) is 17.7 Å². The first-order chi connectivity index (χ1) is 21.0. The molecule has 0 heterocycles. The van der Waals surface area contributed by atoms with Gasteiger partial charge in [-0.3, -0.25) is 0 Å². The van der Waals surface area contributed by atoms with Gasteiger partial charge in [-0.15, -0.1) is 6.42 Å². The summed E-state index contributed by atoms with van der Waals surface area (Å²) in [6, 6.07) is 16.6. The first kappa shape index (κ1) is 30.7. The number of alkyl halides is 2. The highest BCUT2D eigenvalue weighted by Gasteiger charge is 2.41. The van der Waals surface area contributed by atoms with Gasteiger partial charge in [-0.2, -0.15) is 8.78 Å². The van der Waals surface area contributed by atoms with Gasteiger partial charge in [0.25, 0.3) is 0 Å². The zero-order valence-electron chi connectivity index (χ0n) is 23.5. The summed E-state index contributed by atoms with van der Waals surface area (Å²) < 4.78 is 108. The Bertz CT molecular complexity index is 1870. The van der Waals surface area contributed by atoms with Crippen LogP contribution in [0, 0.1) is 41.4 Å². The second-order valence-electron chi connectivity index (χ2n) is 10.4. The Labute approximate surface area is 249 Å². The molecule has 0 spiro atoms. The van der Waals surface area contributed by atoms with Crippen molar-refractivity contribution in [2.24, 2.45) is 0 Å². The minimum atomic E-state index is -4.54. The summed E-state index contributed by atoms with van der Waals surface area (Å²) in [6.45, 7) is 2.13. The number of hydrogen-bond acceptors (Lipinski definition) is 1. The highest BCUT2D eigenvalue weighted by atomic mass is 19.3. The highest BCUT2D eigenvalue weighted by molar-refractivity contribution is 5.86. The van der Waals surface area contributed by atoms with Crippen molar-refractivity contribution in [2.75, 3.05) is 0 Å². The van der Waals surface area contributed by atoms with Crippen molar-refractivity contribution in [1.29, 1.82) is 0 Å². The van der Waals surface area contributed by atoms with Crippen LogP contribution in [0.25, 0.3) is 33.0 Å². The molecule has 0 saturated carbocycles. The SMILES string of the molecule is C#Cc1c(F)cc2cc(OC(F)(F)c3c(F)cc(-c4ccc(-c5ccc(CCCCC)cc5)cc4F)cc3F)ccc2c1F. The lowest BCUT2D eigenvalue weighted by molar-refractivity contribution is -0.189. The molecule has 0 bridgehead atoms. The molecule has 1 nitrogen and oxygen atoms in total. The van der Waals surface area contributed by atoms with E-state index in [-0.39, 0.29) is 21.9 Å². The number of halogens is 7. The van der Waals surface area contributed by atoms with Crippen LogP contribution in [0.2, 0.25) is 0 Å². The number of hydrogen-bond donors (Lipinski definition) is 0. The van der Waals surface area contributed by atoms with Gasteiger partial charge in [-0.25, -0.2) is 22.0 Å². The summed E-state index contributed by atoms with van der Waals surface area (Å²) in [5, 5.41) is -0.324. The highest BCUT2D eigenvalue weighted by Crippen LogP contribution is 2.39. The molecule has 0 amide bonds. The Balaban J connectivity index is 1.39. The van der Waals surface area contributed by atoms with Gasteiger partial charge in [0.05, 0.1) is 5.56 Å². The summed E-state index contributed by atoms with van der Waals surface area (Å²) in [4.78, 5) is 0. The van der Waals surface area contributed by atoms with Gasteiger partial charge in [0.1, 0.15) is 40.4 Å². The van der Waals surface area contributed by atoms with Crippen LogP contribution >= 0.6 is 0 Å². The Morgan fingerprint density at radius 2 is 1.36 bits per heavy atom. The van der Waals surface area contributed by atoms with E-state index in [1.54, 1.807) is 6.07 Å². The number of benzene rings is 5. The molecule has 0 unspecified atom stereocenters. The molecule has 0 aliphatic rings. The van der Waals surface area contributed by atoms with Gasteiger partial charge >= 0.3 is 6.11 Å². The van der Waals surface area contributed by atoms with Crippen molar-refractivity contribution in [2.45, 2.75) is 38.7 Å². The monoisotopic (exact) mass is 606 g/mol. The van der Waals surface area contributed by atoms with E-state index < -0.39 is 52.1 Å². The van der Waals surface area contributed by atoms with E-state index in [1.165, 1.54) is 12.1 Å². The van der Waals surface area contributed by atoms with Gasteiger partial charge in [0, 0.05) is 10.9 Å². The molecule has 5 aromatic carbocycles. The molecule has 224 valence electrons. The molecule has 0 atom stereocenters. The number of rotatable bonds is 9. The first-order valence-corrected chi connectivity index (χ1v) is 13.9. The van der Waals surface area contributed by atoms with Crippen molar-refractivity contribution in [1.82, 2.24) is 0 Å². The van der Waals surface area contributed by atoms with Crippen LogP contribution in [0.1, 0.15) is 42.9 Å². The second kappa shape index (κ2) is 12.5. The molecule has 0 radical (unpaired) electrons. The Kier molecular flexibility index (Phi) is 8.68. The van der Waals surface area contributed by atoms with Crippen LogP contribution in [0.5, 0.6) is 5.75 Å². The van der Waals surface area contributed by atoms with E-state index in [9.17, 15) is 8.78 Å². The number of terminal acetylenes is 1. The lowest BCUT2D eigenvalue weighted by Gasteiger charge is -2.20. The van der Waals surface area contributed by atoms with E-state index in [4.69, 9.17) is 6.42 Å². The largest absolute Gasteiger partial charge is 0.432 e. The fourth-order valence-electron chi connectivity index (χ4n) is 5.08. The normalized spacial score (nSPS) is 11.5. The maximum absolute atomic E-state index is 15.1. The molecule has 0 N–H and O–H groups in total. The average Bonchev–Trinajstić information content (AvgIpc) is 2.97. The smallest absolute Gasteiger partial charge is 0.429 e. The molecule has 44 heavy (non-hydrogen) atoms. The molecule has 5 aromatic rings.